The molecular formula is C18H20BrNO. The lowest BCUT2D eigenvalue weighted by atomic mass is 10.1. The first-order valence-electron chi connectivity index (χ1n) is 7.41. The van der Waals surface area contributed by atoms with Crippen molar-refractivity contribution in [2.24, 2.45) is 0 Å². The number of halogens is 1. The van der Waals surface area contributed by atoms with Crippen LogP contribution in [0.15, 0.2) is 46.9 Å². The summed E-state index contributed by atoms with van der Waals surface area (Å²) in [4.78, 5) is 0. The lowest BCUT2D eigenvalue weighted by molar-refractivity contribution is 0.301. The second kappa shape index (κ2) is 6.63. The molecule has 0 heterocycles. The summed E-state index contributed by atoms with van der Waals surface area (Å²) in [7, 11) is 0. The van der Waals surface area contributed by atoms with Crippen molar-refractivity contribution in [1.29, 1.82) is 0 Å². The number of ether oxygens (including phenoxy) is 1. The monoisotopic (exact) mass is 345 g/mol. The molecule has 0 saturated heterocycles. The van der Waals surface area contributed by atoms with Crippen molar-refractivity contribution in [2.45, 2.75) is 39.0 Å². The van der Waals surface area contributed by atoms with Gasteiger partial charge in [0, 0.05) is 28.2 Å². The third-order valence-electron chi connectivity index (χ3n) is 3.72. The number of aryl methyl sites for hydroxylation is 1. The molecule has 3 heteroatoms. The molecule has 0 bridgehead atoms. The van der Waals surface area contributed by atoms with Crippen LogP contribution in [0.2, 0.25) is 0 Å². The van der Waals surface area contributed by atoms with E-state index >= 15 is 0 Å². The molecule has 21 heavy (non-hydrogen) atoms. The Balaban J connectivity index is 1.70. The van der Waals surface area contributed by atoms with Gasteiger partial charge >= 0.3 is 0 Å². The van der Waals surface area contributed by atoms with E-state index in [4.69, 9.17) is 4.74 Å². The highest BCUT2D eigenvalue weighted by Crippen LogP contribution is 2.25. The minimum absolute atomic E-state index is 0.584. The van der Waals surface area contributed by atoms with Crippen LogP contribution < -0.4 is 10.1 Å². The average molecular weight is 346 g/mol. The highest BCUT2D eigenvalue weighted by atomic mass is 79.9. The summed E-state index contributed by atoms with van der Waals surface area (Å²) in [5.41, 5.74) is 3.68. The van der Waals surface area contributed by atoms with E-state index in [0.29, 0.717) is 12.6 Å². The van der Waals surface area contributed by atoms with Gasteiger partial charge in [0.25, 0.3) is 0 Å². The van der Waals surface area contributed by atoms with Gasteiger partial charge in [0.15, 0.2) is 0 Å². The molecule has 2 aromatic rings. The van der Waals surface area contributed by atoms with Gasteiger partial charge in [-0.2, -0.15) is 0 Å². The molecule has 1 fully saturated rings. The average Bonchev–Trinajstić information content (AvgIpc) is 3.30. The molecule has 1 N–H and O–H groups in total. The molecule has 0 atom stereocenters. The smallest absolute Gasteiger partial charge is 0.124 e. The normalized spacial score (nSPS) is 14.2. The Labute approximate surface area is 134 Å². The van der Waals surface area contributed by atoms with Crippen molar-refractivity contribution in [2.75, 3.05) is 0 Å². The molecule has 0 aromatic heterocycles. The van der Waals surface area contributed by atoms with Gasteiger partial charge in [0.2, 0.25) is 0 Å². The highest BCUT2D eigenvalue weighted by Gasteiger charge is 2.20. The zero-order valence-electron chi connectivity index (χ0n) is 12.2. The van der Waals surface area contributed by atoms with Gasteiger partial charge in [0.05, 0.1) is 0 Å². The first-order valence-corrected chi connectivity index (χ1v) is 8.21. The van der Waals surface area contributed by atoms with Crippen LogP contribution in [0.5, 0.6) is 5.75 Å². The van der Waals surface area contributed by atoms with Crippen LogP contribution in [0.3, 0.4) is 0 Å². The van der Waals surface area contributed by atoms with Crippen LogP contribution >= 0.6 is 15.9 Å². The van der Waals surface area contributed by atoms with Gasteiger partial charge in [-0.3, -0.25) is 0 Å². The fourth-order valence-corrected chi connectivity index (χ4v) is 2.70. The van der Waals surface area contributed by atoms with Crippen molar-refractivity contribution in [3.05, 3.63) is 63.6 Å². The predicted octanol–water partition coefficient (Wildman–Crippen LogP) is 4.59. The molecule has 0 amide bonds. The fraction of sp³-hybridized carbons (Fsp3) is 0.333. The number of benzene rings is 2. The Morgan fingerprint density at radius 3 is 2.71 bits per heavy atom. The van der Waals surface area contributed by atoms with Crippen molar-refractivity contribution < 1.29 is 4.74 Å². The molecule has 0 spiro atoms. The van der Waals surface area contributed by atoms with Crippen LogP contribution in [0.1, 0.15) is 29.5 Å². The van der Waals surface area contributed by atoms with Gasteiger partial charge in [-0.15, -0.1) is 0 Å². The van der Waals surface area contributed by atoms with E-state index in [1.807, 2.05) is 18.2 Å². The first-order chi connectivity index (χ1) is 10.2. The van der Waals surface area contributed by atoms with E-state index in [9.17, 15) is 0 Å². The van der Waals surface area contributed by atoms with E-state index in [2.05, 4.69) is 52.4 Å². The van der Waals surface area contributed by atoms with E-state index in [0.717, 1.165) is 16.8 Å². The second-order valence-corrected chi connectivity index (χ2v) is 6.50. The van der Waals surface area contributed by atoms with Crippen molar-refractivity contribution in [3.8, 4) is 5.75 Å². The molecule has 1 aliphatic rings. The summed E-state index contributed by atoms with van der Waals surface area (Å²) < 4.78 is 7.13. The maximum absolute atomic E-state index is 6.04. The Bertz CT molecular complexity index is 622. The van der Waals surface area contributed by atoms with Crippen molar-refractivity contribution >= 4 is 15.9 Å². The van der Waals surface area contributed by atoms with E-state index < -0.39 is 0 Å². The maximum Gasteiger partial charge on any atom is 0.124 e. The van der Waals surface area contributed by atoms with Crippen LogP contribution in [-0.4, -0.2) is 6.04 Å². The molecule has 2 nitrogen and oxygen atoms in total. The Hall–Kier alpha value is -1.32. The van der Waals surface area contributed by atoms with E-state index in [1.54, 1.807) is 0 Å². The molecular weight excluding hydrogens is 326 g/mol. The van der Waals surface area contributed by atoms with Gasteiger partial charge < -0.3 is 10.1 Å². The standard InChI is InChI=1S/C18H20BrNO/c1-13-6-9-18(15(10-13)11-20-16-7-8-16)21-12-14-4-2-3-5-17(14)19/h2-6,9-10,16,20H,7-8,11-12H2,1H3. The molecule has 1 saturated carbocycles. The van der Waals surface area contributed by atoms with E-state index in [1.165, 1.54) is 29.5 Å². The minimum Gasteiger partial charge on any atom is -0.489 e. The molecule has 110 valence electrons. The fourth-order valence-electron chi connectivity index (χ4n) is 2.30. The van der Waals surface area contributed by atoms with E-state index in [-0.39, 0.29) is 0 Å². The first kappa shape index (κ1) is 14.6. The highest BCUT2D eigenvalue weighted by molar-refractivity contribution is 9.10. The quantitative estimate of drug-likeness (QED) is 0.826. The van der Waals surface area contributed by atoms with Crippen molar-refractivity contribution in [1.82, 2.24) is 5.32 Å². The number of hydrogen-bond acceptors (Lipinski definition) is 2. The molecule has 2 aromatic carbocycles. The summed E-state index contributed by atoms with van der Waals surface area (Å²) in [6.45, 7) is 3.59. The molecule has 0 aliphatic heterocycles. The number of nitrogens with one attached hydrogen (secondary N) is 1. The van der Waals surface area contributed by atoms with Crippen molar-refractivity contribution in [3.63, 3.8) is 0 Å². The molecule has 1 aliphatic carbocycles. The molecule has 3 rings (SSSR count). The number of hydrogen-bond donors (Lipinski definition) is 1. The largest absolute Gasteiger partial charge is 0.489 e. The topological polar surface area (TPSA) is 21.3 Å². The Morgan fingerprint density at radius 1 is 1.14 bits per heavy atom. The van der Waals surface area contributed by atoms with Crippen LogP contribution in [0.25, 0.3) is 0 Å². The Kier molecular flexibility index (Phi) is 4.61. The van der Waals surface area contributed by atoms with Gasteiger partial charge in [-0.05, 0) is 31.9 Å². The summed E-state index contributed by atoms with van der Waals surface area (Å²) in [6.07, 6.45) is 2.61. The molecule has 0 radical (unpaired) electrons. The van der Waals surface area contributed by atoms with Gasteiger partial charge in [0.1, 0.15) is 12.4 Å². The second-order valence-electron chi connectivity index (χ2n) is 5.65. The van der Waals surface area contributed by atoms with Crippen LogP contribution in [0, 0.1) is 6.92 Å². The third kappa shape index (κ3) is 4.08. The summed E-state index contributed by atoms with van der Waals surface area (Å²) in [5.74, 6) is 0.976. The number of rotatable bonds is 6. The maximum atomic E-state index is 6.04. The zero-order chi connectivity index (χ0) is 14.7. The van der Waals surface area contributed by atoms with Crippen LogP contribution in [0.4, 0.5) is 0 Å². The lowest BCUT2D eigenvalue weighted by Crippen LogP contribution is -2.16. The minimum atomic E-state index is 0.584. The van der Waals surface area contributed by atoms with Crippen LogP contribution in [-0.2, 0) is 13.2 Å². The lowest BCUT2D eigenvalue weighted by Gasteiger charge is -2.14. The van der Waals surface area contributed by atoms with Gasteiger partial charge in [-0.25, -0.2) is 0 Å². The molecule has 0 unspecified atom stereocenters. The SMILES string of the molecule is Cc1ccc(OCc2ccccc2Br)c(CNC2CC2)c1. The van der Waals surface area contributed by atoms with Gasteiger partial charge in [-0.1, -0.05) is 51.8 Å². The third-order valence-corrected chi connectivity index (χ3v) is 4.49. The zero-order valence-corrected chi connectivity index (χ0v) is 13.8. The summed E-state index contributed by atoms with van der Waals surface area (Å²) in [5, 5.41) is 3.56. The summed E-state index contributed by atoms with van der Waals surface area (Å²) >= 11 is 3.57. The Morgan fingerprint density at radius 2 is 1.95 bits per heavy atom. The predicted molar refractivity (Wildman–Crippen MR) is 89.5 cm³/mol. The summed E-state index contributed by atoms with van der Waals surface area (Å²) in [6, 6.07) is 15.3.